The van der Waals surface area contributed by atoms with Gasteiger partial charge in [-0.15, -0.1) is 0 Å². The van der Waals surface area contributed by atoms with Gasteiger partial charge in [0.25, 0.3) is 0 Å². The standard InChI is InChI=1S/C11H7BrN2O2/c1-16-11(15)8(6-14)10-7(5-13)3-2-4-9(10)12/h2-4,8H,1H3. The Morgan fingerprint density at radius 3 is 2.69 bits per heavy atom. The number of methoxy groups -OCH3 is 1. The maximum absolute atomic E-state index is 11.4. The molecular formula is C11H7BrN2O2. The van der Waals surface area contributed by atoms with E-state index >= 15 is 0 Å². The van der Waals surface area contributed by atoms with Crippen LogP contribution in [0.3, 0.4) is 0 Å². The lowest BCUT2D eigenvalue weighted by molar-refractivity contribution is -0.141. The number of esters is 1. The van der Waals surface area contributed by atoms with E-state index in [0.717, 1.165) is 0 Å². The van der Waals surface area contributed by atoms with Gasteiger partial charge in [0.1, 0.15) is 0 Å². The number of nitriles is 2. The molecule has 0 radical (unpaired) electrons. The first-order chi connectivity index (χ1) is 7.65. The molecule has 0 aliphatic heterocycles. The summed E-state index contributed by atoms with van der Waals surface area (Å²) in [5.41, 5.74) is 0.630. The molecule has 0 saturated carbocycles. The first-order valence-corrected chi connectivity index (χ1v) is 5.11. The van der Waals surface area contributed by atoms with E-state index in [-0.39, 0.29) is 5.56 Å². The zero-order chi connectivity index (χ0) is 12.1. The molecule has 1 aromatic rings. The van der Waals surface area contributed by atoms with Crippen molar-refractivity contribution in [2.75, 3.05) is 7.11 Å². The van der Waals surface area contributed by atoms with E-state index < -0.39 is 11.9 Å². The summed E-state index contributed by atoms with van der Waals surface area (Å²) in [7, 11) is 1.20. The van der Waals surface area contributed by atoms with Gasteiger partial charge < -0.3 is 4.74 Å². The number of hydrogen-bond donors (Lipinski definition) is 0. The highest BCUT2D eigenvalue weighted by Crippen LogP contribution is 2.28. The molecular weight excluding hydrogens is 272 g/mol. The Hall–Kier alpha value is -1.85. The van der Waals surface area contributed by atoms with E-state index in [9.17, 15) is 4.79 Å². The highest BCUT2D eigenvalue weighted by molar-refractivity contribution is 9.10. The molecule has 0 saturated heterocycles. The van der Waals surface area contributed by atoms with Crippen molar-refractivity contribution in [3.8, 4) is 12.1 Å². The van der Waals surface area contributed by atoms with Crippen molar-refractivity contribution in [3.63, 3.8) is 0 Å². The largest absolute Gasteiger partial charge is 0.468 e. The summed E-state index contributed by atoms with van der Waals surface area (Å²) < 4.78 is 5.07. The van der Waals surface area contributed by atoms with Crippen LogP contribution in [-0.4, -0.2) is 13.1 Å². The molecule has 1 atom stereocenters. The van der Waals surface area contributed by atoms with Gasteiger partial charge >= 0.3 is 5.97 Å². The number of nitrogens with zero attached hydrogens (tertiary/aromatic N) is 2. The fourth-order valence-electron chi connectivity index (χ4n) is 1.28. The first-order valence-electron chi connectivity index (χ1n) is 4.31. The van der Waals surface area contributed by atoms with Gasteiger partial charge in [0.05, 0.1) is 24.8 Å². The summed E-state index contributed by atoms with van der Waals surface area (Å²) in [5.74, 6) is -1.76. The van der Waals surface area contributed by atoms with E-state index in [1.54, 1.807) is 18.2 Å². The number of carbonyl (C=O) groups excluding carboxylic acids is 1. The van der Waals surface area contributed by atoms with Gasteiger partial charge in [-0.05, 0) is 12.1 Å². The average molecular weight is 279 g/mol. The fraction of sp³-hybridized carbons (Fsp3) is 0.182. The molecule has 0 aliphatic rings. The third kappa shape index (κ3) is 2.21. The fourth-order valence-corrected chi connectivity index (χ4v) is 1.88. The van der Waals surface area contributed by atoms with Crippen molar-refractivity contribution in [2.24, 2.45) is 0 Å². The van der Waals surface area contributed by atoms with Crippen LogP contribution in [0.2, 0.25) is 0 Å². The van der Waals surface area contributed by atoms with Crippen LogP contribution in [-0.2, 0) is 9.53 Å². The van der Waals surface area contributed by atoms with Crippen molar-refractivity contribution >= 4 is 21.9 Å². The Bertz CT molecular complexity index is 500. The molecule has 4 nitrogen and oxygen atoms in total. The number of ether oxygens (including phenoxy) is 1. The van der Waals surface area contributed by atoms with E-state index in [0.29, 0.717) is 10.0 Å². The number of hydrogen-bond acceptors (Lipinski definition) is 4. The van der Waals surface area contributed by atoms with Crippen molar-refractivity contribution in [3.05, 3.63) is 33.8 Å². The number of halogens is 1. The van der Waals surface area contributed by atoms with Gasteiger partial charge in [-0.1, -0.05) is 22.0 Å². The lowest BCUT2D eigenvalue weighted by Crippen LogP contribution is -2.14. The third-order valence-electron chi connectivity index (χ3n) is 2.03. The van der Waals surface area contributed by atoms with Crippen LogP contribution >= 0.6 is 15.9 Å². The molecule has 0 bridgehead atoms. The number of benzene rings is 1. The van der Waals surface area contributed by atoms with Gasteiger partial charge in [0.15, 0.2) is 5.92 Å². The summed E-state index contributed by atoms with van der Waals surface area (Å²) in [5, 5.41) is 17.9. The molecule has 0 heterocycles. The highest BCUT2D eigenvalue weighted by Gasteiger charge is 2.26. The highest BCUT2D eigenvalue weighted by atomic mass is 79.9. The summed E-state index contributed by atoms with van der Waals surface area (Å²) in [6, 6.07) is 8.65. The second-order valence-electron chi connectivity index (χ2n) is 2.90. The van der Waals surface area contributed by atoms with Crippen molar-refractivity contribution in [1.82, 2.24) is 0 Å². The predicted molar refractivity (Wildman–Crippen MR) is 59.2 cm³/mol. The van der Waals surface area contributed by atoms with Crippen LogP contribution < -0.4 is 0 Å². The minimum absolute atomic E-state index is 0.284. The van der Waals surface area contributed by atoms with Crippen LogP contribution in [0.5, 0.6) is 0 Å². The minimum atomic E-state index is -1.09. The molecule has 0 N–H and O–H groups in total. The second kappa shape index (κ2) is 5.29. The number of rotatable bonds is 2. The first kappa shape index (κ1) is 12.2. The topological polar surface area (TPSA) is 73.9 Å². The lowest BCUT2D eigenvalue weighted by Gasteiger charge is -2.10. The Labute approximate surface area is 101 Å². The minimum Gasteiger partial charge on any atom is -0.468 e. The lowest BCUT2D eigenvalue weighted by atomic mass is 9.96. The monoisotopic (exact) mass is 278 g/mol. The van der Waals surface area contributed by atoms with Crippen molar-refractivity contribution in [2.45, 2.75) is 5.92 Å². The SMILES string of the molecule is COC(=O)C(C#N)c1c(Br)cccc1C#N. The van der Waals surface area contributed by atoms with Crippen LogP contribution in [0.25, 0.3) is 0 Å². The Morgan fingerprint density at radius 2 is 2.19 bits per heavy atom. The summed E-state index contributed by atoms with van der Waals surface area (Å²) in [4.78, 5) is 11.4. The molecule has 1 unspecified atom stereocenters. The predicted octanol–water partition coefficient (Wildman–Crippen LogP) is 2.10. The van der Waals surface area contributed by atoms with Crippen LogP contribution in [0.15, 0.2) is 22.7 Å². The molecule has 0 fully saturated rings. The van der Waals surface area contributed by atoms with Gasteiger partial charge in [-0.2, -0.15) is 10.5 Å². The van der Waals surface area contributed by atoms with Gasteiger partial charge in [-0.25, -0.2) is 0 Å². The summed E-state index contributed by atoms with van der Waals surface area (Å²) in [6.07, 6.45) is 0. The molecule has 1 aromatic carbocycles. The normalized spacial score (nSPS) is 11.0. The van der Waals surface area contributed by atoms with E-state index in [4.69, 9.17) is 10.5 Å². The van der Waals surface area contributed by atoms with Gasteiger partial charge in [0, 0.05) is 10.0 Å². The molecule has 1 rings (SSSR count). The van der Waals surface area contributed by atoms with Crippen LogP contribution in [0.4, 0.5) is 0 Å². The number of carbonyl (C=O) groups is 1. The summed E-state index contributed by atoms with van der Waals surface area (Å²) >= 11 is 3.22. The van der Waals surface area contributed by atoms with Crippen LogP contribution in [0.1, 0.15) is 17.0 Å². The van der Waals surface area contributed by atoms with Gasteiger partial charge in [0.2, 0.25) is 0 Å². The smallest absolute Gasteiger partial charge is 0.327 e. The van der Waals surface area contributed by atoms with Crippen molar-refractivity contribution in [1.29, 1.82) is 10.5 Å². The average Bonchev–Trinajstić information content (AvgIpc) is 2.31. The Kier molecular flexibility index (Phi) is 4.04. The third-order valence-corrected chi connectivity index (χ3v) is 2.72. The maximum atomic E-state index is 11.4. The molecule has 0 aromatic heterocycles. The summed E-state index contributed by atoms with van der Waals surface area (Å²) in [6.45, 7) is 0. The zero-order valence-corrected chi connectivity index (χ0v) is 9.98. The van der Waals surface area contributed by atoms with E-state index in [1.165, 1.54) is 7.11 Å². The van der Waals surface area contributed by atoms with Crippen molar-refractivity contribution < 1.29 is 9.53 Å². The van der Waals surface area contributed by atoms with E-state index in [2.05, 4.69) is 20.7 Å². The Balaban J connectivity index is 3.37. The second-order valence-corrected chi connectivity index (χ2v) is 3.75. The van der Waals surface area contributed by atoms with Crippen LogP contribution in [0, 0.1) is 22.7 Å². The Morgan fingerprint density at radius 1 is 1.50 bits per heavy atom. The molecule has 80 valence electrons. The zero-order valence-electron chi connectivity index (χ0n) is 8.40. The molecule has 16 heavy (non-hydrogen) atoms. The van der Waals surface area contributed by atoms with E-state index in [1.807, 2.05) is 12.1 Å². The molecule has 0 amide bonds. The molecule has 0 aliphatic carbocycles. The maximum Gasteiger partial charge on any atom is 0.327 e. The van der Waals surface area contributed by atoms with Gasteiger partial charge in [-0.3, -0.25) is 4.79 Å². The molecule has 0 spiro atoms. The quantitative estimate of drug-likeness (QED) is 0.777. The molecule has 5 heteroatoms.